The van der Waals surface area contributed by atoms with Crippen molar-refractivity contribution in [2.24, 2.45) is 0 Å². The number of benzene rings is 4. The second kappa shape index (κ2) is 9.56. The highest BCUT2D eigenvalue weighted by molar-refractivity contribution is 6.48. The van der Waals surface area contributed by atoms with Crippen LogP contribution < -0.4 is 0 Å². The zero-order valence-electron chi connectivity index (χ0n) is 26.6. The van der Waals surface area contributed by atoms with Crippen molar-refractivity contribution in [3.8, 4) is 22.3 Å². The van der Waals surface area contributed by atoms with Gasteiger partial charge < -0.3 is 0 Å². The van der Waals surface area contributed by atoms with Gasteiger partial charge in [-0.15, -0.1) is 0 Å². The van der Waals surface area contributed by atoms with E-state index in [-0.39, 0.29) is 10.1 Å². The van der Waals surface area contributed by atoms with Gasteiger partial charge in [-0.3, -0.25) is 0 Å². The Morgan fingerprint density at radius 1 is 0.463 bits per heavy atom. The van der Waals surface area contributed by atoms with Crippen LogP contribution in [0.15, 0.2) is 71.8 Å². The molecule has 0 aromatic heterocycles. The van der Waals surface area contributed by atoms with Crippen LogP contribution in [0.2, 0.25) is 0 Å². The predicted octanol–water partition coefficient (Wildman–Crippen LogP) is 10.0. The van der Waals surface area contributed by atoms with E-state index in [1.807, 2.05) is 0 Å². The molecule has 0 nitrogen and oxygen atoms in total. The first kappa shape index (κ1) is 27.7. The molecular formula is C40H44Si. The van der Waals surface area contributed by atoms with Crippen LogP contribution in [0.1, 0.15) is 83.3 Å². The van der Waals surface area contributed by atoms with Gasteiger partial charge in [0.25, 0.3) is 0 Å². The Bertz CT molecular complexity index is 1640. The Hall–Kier alpha value is -3.42. The highest BCUT2D eigenvalue weighted by atomic mass is 28.2. The zero-order chi connectivity index (χ0) is 29.4. The smallest absolute Gasteiger partial charge is 0.0544 e. The summed E-state index contributed by atoms with van der Waals surface area (Å²) in [4.78, 5) is 0. The van der Waals surface area contributed by atoms with Gasteiger partial charge in [0.05, 0.1) is 9.52 Å². The molecule has 0 saturated carbocycles. The monoisotopic (exact) mass is 552 g/mol. The van der Waals surface area contributed by atoms with Crippen molar-refractivity contribution in [3.63, 3.8) is 0 Å². The third kappa shape index (κ3) is 4.32. The summed E-state index contributed by atoms with van der Waals surface area (Å²) in [6.07, 6.45) is 5.05. The molecule has 0 amide bonds. The third-order valence-electron chi connectivity index (χ3n) is 10.3. The molecule has 0 bridgehead atoms. The molecule has 4 aromatic carbocycles. The fraction of sp³-hybridized carbons (Fsp3) is 0.300. The van der Waals surface area contributed by atoms with Crippen molar-refractivity contribution in [3.05, 3.63) is 127 Å². The van der Waals surface area contributed by atoms with Gasteiger partial charge in [0.15, 0.2) is 0 Å². The maximum atomic E-state index is 2.55. The second-order valence-electron chi connectivity index (χ2n) is 13.7. The van der Waals surface area contributed by atoms with E-state index in [4.69, 9.17) is 0 Å². The first-order valence-electron chi connectivity index (χ1n) is 15.1. The minimum absolute atomic E-state index is 0.0904. The highest BCUT2D eigenvalue weighted by Gasteiger charge is 2.46. The van der Waals surface area contributed by atoms with E-state index in [2.05, 4.69) is 142 Å². The standard InChI is InChI=1S/C40H44Si/c1-23-15-24(2)18-31(17-23)37-27(5)11-13-35-33(37)21-29(7)39(35,9)41-40(10)30(8)22-34-36(40)14-12-28(6)38(34)32-19-25(3)16-26(4)20-32/h11-22H,41H2,1-10H3. The summed E-state index contributed by atoms with van der Waals surface area (Å²) < 4.78 is 0. The molecule has 1 heteroatoms. The van der Waals surface area contributed by atoms with Gasteiger partial charge in [-0.2, -0.15) is 0 Å². The predicted molar refractivity (Wildman–Crippen MR) is 183 cm³/mol. The second-order valence-corrected chi connectivity index (χ2v) is 16.9. The number of allylic oxidation sites excluding steroid dienone is 2. The lowest BCUT2D eigenvalue weighted by molar-refractivity contribution is 0.717. The Balaban J connectivity index is 1.49. The van der Waals surface area contributed by atoms with E-state index in [9.17, 15) is 0 Å². The molecule has 2 aliphatic rings. The van der Waals surface area contributed by atoms with Crippen molar-refractivity contribution in [1.29, 1.82) is 0 Å². The largest absolute Gasteiger partial charge is 0.0658 e. The fourth-order valence-electron chi connectivity index (χ4n) is 8.08. The molecule has 2 unspecified atom stereocenters. The number of hydrogen-bond acceptors (Lipinski definition) is 0. The lowest BCUT2D eigenvalue weighted by Gasteiger charge is -2.39. The Kier molecular flexibility index (Phi) is 6.47. The average molecular weight is 553 g/mol. The lowest BCUT2D eigenvalue weighted by atomic mass is 9.88. The van der Waals surface area contributed by atoms with E-state index in [0.717, 1.165) is 0 Å². The molecular weight excluding hydrogens is 509 g/mol. The zero-order valence-corrected chi connectivity index (χ0v) is 28.0. The Morgan fingerprint density at radius 3 is 1.15 bits per heavy atom. The first-order valence-corrected chi connectivity index (χ1v) is 16.6. The molecule has 2 aliphatic carbocycles. The minimum Gasteiger partial charge on any atom is -0.0658 e. The number of rotatable bonds is 4. The molecule has 0 aliphatic heterocycles. The normalized spacial score (nSPS) is 21.3. The molecule has 208 valence electrons. The molecule has 0 saturated heterocycles. The highest BCUT2D eigenvalue weighted by Crippen LogP contribution is 2.52. The summed E-state index contributed by atoms with van der Waals surface area (Å²) in [5.41, 5.74) is 22.6. The Morgan fingerprint density at radius 2 is 0.805 bits per heavy atom. The average Bonchev–Trinajstić information content (AvgIpc) is 3.25. The summed E-state index contributed by atoms with van der Waals surface area (Å²) in [5, 5.41) is 0.181. The summed E-state index contributed by atoms with van der Waals surface area (Å²) in [7, 11) is -0.725. The van der Waals surface area contributed by atoms with Gasteiger partial charge in [0.1, 0.15) is 0 Å². The number of hydrogen-bond donors (Lipinski definition) is 0. The minimum atomic E-state index is -0.725. The summed E-state index contributed by atoms with van der Waals surface area (Å²) in [6.45, 7) is 23.3. The summed E-state index contributed by atoms with van der Waals surface area (Å²) >= 11 is 0. The van der Waals surface area contributed by atoms with Crippen LogP contribution in [-0.4, -0.2) is 9.52 Å². The SMILES string of the molecule is CC1=Cc2c(ccc(C)c2-c2cc(C)cc(C)c2)C1(C)[SiH2]C1(C)C(C)=Cc2c1ccc(C)c2-c1cc(C)cc(C)c1. The van der Waals surface area contributed by atoms with E-state index in [1.165, 1.54) is 89.0 Å². The number of aryl methyl sites for hydroxylation is 6. The molecule has 0 fully saturated rings. The van der Waals surface area contributed by atoms with Crippen LogP contribution in [-0.2, 0) is 10.1 Å². The van der Waals surface area contributed by atoms with Gasteiger partial charge in [-0.05, 0) is 111 Å². The first-order chi connectivity index (χ1) is 19.3. The summed E-state index contributed by atoms with van der Waals surface area (Å²) in [5.74, 6) is 0. The van der Waals surface area contributed by atoms with Crippen LogP contribution >= 0.6 is 0 Å². The van der Waals surface area contributed by atoms with Crippen LogP contribution in [0.5, 0.6) is 0 Å². The van der Waals surface area contributed by atoms with Gasteiger partial charge in [-0.1, -0.05) is 120 Å². The quantitative estimate of drug-likeness (QED) is 0.221. The van der Waals surface area contributed by atoms with E-state index >= 15 is 0 Å². The molecule has 0 N–H and O–H groups in total. The maximum absolute atomic E-state index is 2.55. The van der Waals surface area contributed by atoms with Crippen LogP contribution in [0.3, 0.4) is 0 Å². The molecule has 4 aromatic rings. The third-order valence-corrected chi connectivity index (χ3v) is 13.6. The molecule has 41 heavy (non-hydrogen) atoms. The van der Waals surface area contributed by atoms with Crippen LogP contribution in [0, 0.1) is 41.5 Å². The maximum Gasteiger partial charge on any atom is 0.0544 e. The van der Waals surface area contributed by atoms with Crippen molar-refractivity contribution in [2.45, 2.75) is 79.3 Å². The van der Waals surface area contributed by atoms with E-state index in [1.54, 1.807) is 0 Å². The van der Waals surface area contributed by atoms with Gasteiger partial charge >= 0.3 is 0 Å². The topological polar surface area (TPSA) is 0 Å². The van der Waals surface area contributed by atoms with Crippen molar-refractivity contribution < 1.29 is 0 Å². The molecule has 2 atom stereocenters. The number of fused-ring (bicyclic) bond motifs is 2. The fourth-order valence-corrected chi connectivity index (χ4v) is 11.2. The summed E-state index contributed by atoms with van der Waals surface area (Å²) in [6, 6.07) is 23.7. The van der Waals surface area contributed by atoms with Gasteiger partial charge in [-0.25, -0.2) is 0 Å². The van der Waals surface area contributed by atoms with Gasteiger partial charge in [0, 0.05) is 10.1 Å². The van der Waals surface area contributed by atoms with E-state index < -0.39 is 9.52 Å². The van der Waals surface area contributed by atoms with Gasteiger partial charge in [0.2, 0.25) is 0 Å². The molecule has 6 rings (SSSR count). The molecule has 0 radical (unpaired) electrons. The van der Waals surface area contributed by atoms with Crippen molar-refractivity contribution in [1.82, 2.24) is 0 Å². The van der Waals surface area contributed by atoms with Crippen molar-refractivity contribution in [2.75, 3.05) is 0 Å². The van der Waals surface area contributed by atoms with E-state index in [0.29, 0.717) is 0 Å². The Labute approximate surface area is 250 Å². The van der Waals surface area contributed by atoms with Crippen LogP contribution in [0.25, 0.3) is 34.4 Å². The van der Waals surface area contributed by atoms with Crippen LogP contribution in [0.4, 0.5) is 0 Å². The molecule has 0 spiro atoms. The molecule has 0 heterocycles. The lowest BCUT2D eigenvalue weighted by Crippen LogP contribution is -2.43. The van der Waals surface area contributed by atoms with Crippen molar-refractivity contribution >= 4 is 21.7 Å².